The summed E-state index contributed by atoms with van der Waals surface area (Å²) < 4.78 is 0. The summed E-state index contributed by atoms with van der Waals surface area (Å²) in [5.41, 5.74) is 0. The van der Waals surface area contributed by atoms with E-state index in [1.165, 1.54) is 72.6 Å². The van der Waals surface area contributed by atoms with Gasteiger partial charge in [-0.05, 0) is 84.9 Å². The van der Waals surface area contributed by atoms with Gasteiger partial charge in [0.2, 0.25) is 0 Å². The minimum atomic E-state index is -0.305. The number of hydrogen-bond acceptors (Lipinski definition) is 0. The molecule has 2 aliphatic rings. The molecule has 3 heteroatoms. The van der Waals surface area contributed by atoms with Crippen LogP contribution in [0.3, 0.4) is 0 Å². The third kappa shape index (κ3) is 9.65. The molecule has 4 aromatic rings. The summed E-state index contributed by atoms with van der Waals surface area (Å²) in [6, 6.07) is 44.7. The van der Waals surface area contributed by atoms with Crippen molar-refractivity contribution in [3.8, 4) is 0 Å². The summed E-state index contributed by atoms with van der Waals surface area (Å²) in [7, 11) is -0.610. The molecule has 0 heterocycles. The van der Waals surface area contributed by atoms with Gasteiger partial charge in [0.05, 0.1) is 0 Å². The Kier molecular flexibility index (Phi) is 16.3. The molecule has 4 aromatic carbocycles. The van der Waals surface area contributed by atoms with Crippen LogP contribution in [0.25, 0.3) is 0 Å². The summed E-state index contributed by atoms with van der Waals surface area (Å²) >= 11 is 0. The summed E-state index contributed by atoms with van der Waals surface area (Å²) in [6.45, 7) is 10.0. The van der Waals surface area contributed by atoms with E-state index in [4.69, 9.17) is 0 Å². The van der Waals surface area contributed by atoms with Crippen molar-refractivity contribution in [3.05, 3.63) is 136 Å². The molecule has 0 amide bonds. The fourth-order valence-corrected chi connectivity index (χ4v) is 14.0. The number of hydrogen-bond donors (Lipinski definition) is 0. The Morgan fingerprint density at radius 3 is 0.800 bits per heavy atom. The summed E-state index contributed by atoms with van der Waals surface area (Å²) in [5, 5.41) is 6.83. The summed E-state index contributed by atoms with van der Waals surface area (Å²) in [4.78, 5) is 0. The first kappa shape index (κ1) is 39.4. The third-order valence-corrected chi connectivity index (χ3v) is 16.2. The van der Waals surface area contributed by atoms with Crippen molar-refractivity contribution in [1.29, 1.82) is 0 Å². The maximum Gasteiger partial charge on any atom is 2.00 e. The fraction of sp³-hybridized carbons (Fsp3) is 0.381. The van der Waals surface area contributed by atoms with Crippen LogP contribution >= 0.6 is 15.8 Å². The standard InChI is InChI=1S/2C20H25P.2CH3.Fe/c2*1-20(2,17-11-9-10-12-17)21(18-13-5-3-6-14-18)19-15-7-4-8-16-19;;;/h2*3-8,13-17H,9-12H2,1-2H3;2*1H3;/q;;2*-1;+2. The molecule has 0 atom stereocenters. The molecule has 0 nitrogen and oxygen atoms in total. The Morgan fingerprint density at radius 2 is 0.600 bits per heavy atom. The van der Waals surface area contributed by atoms with Gasteiger partial charge in [-0.3, -0.25) is 0 Å². The molecular formula is C42H56FeP2. The van der Waals surface area contributed by atoms with E-state index < -0.39 is 0 Å². The Balaban J connectivity index is 0.000000294. The largest absolute Gasteiger partial charge is 2.00 e. The third-order valence-electron chi connectivity index (χ3n) is 9.92. The first-order chi connectivity index (χ1) is 20.4. The van der Waals surface area contributed by atoms with Gasteiger partial charge in [-0.1, -0.05) is 175 Å². The Morgan fingerprint density at radius 1 is 0.400 bits per heavy atom. The van der Waals surface area contributed by atoms with Crippen LogP contribution in [-0.4, -0.2) is 10.3 Å². The first-order valence-electron chi connectivity index (χ1n) is 16.2. The van der Waals surface area contributed by atoms with Gasteiger partial charge >= 0.3 is 17.1 Å². The van der Waals surface area contributed by atoms with Gasteiger partial charge in [0.15, 0.2) is 0 Å². The second-order valence-electron chi connectivity index (χ2n) is 13.3. The van der Waals surface area contributed by atoms with Crippen molar-refractivity contribution in [2.75, 3.05) is 0 Å². The van der Waals surface area contributed by atoms with E-state index in [1.807, 2.05) is 0 Å². The van der Waals surface area contributed by atoms with Gasteiger partial charge in [0, 0.05) is 0 Å². The quantitative estimate of drug-likeness (QED) is 0.0989. The molecule has 0 N–H and O–H groups in total. The second kappa shape index (κ2) is 18.6. The van der Waals surface area contributed by atoms with E-state index in [-0.39, 0.29) is 47.8 Å². The molecule has 0 radical (unpaired) electrons. The van der Waals surface area contributed by atoms with Crippen LogP contribution in [-0.2, 0) is 17.1 Å². The minimum Gasteiger partial charge on any atom is -0.358 e. The van der Waals surface area contributed by atoms with Crippen molar-refractivity contribution in [2.24, 2.45) is 11.8 Å². The van der Waals surface area contributed by atoms with Gasteiger partial charge in [-0.25, -0.2) is 0 Å². The average molecular weight is 679 g/mol. The van der Waals surface area contributed by atoms with Crippen molar-refractivity contribution in [2.45, 2.75) is 89.4 Å². The SMILES string of the molecule is CC(C)(C1CCCC1)P(c1ccccc1)c1ccccc1.CC(C)(C1CCCC1)P(c1ccccc1)c1ccccc1.[CH3-].[CH3-].[Fe+2]. The molecule has 45 heavy (non-hydrogen) atoms. The molecule has 2 aliphatic carbocycles. The van der Waals surface area contributed by atoms with Crippen LogP contribution in [0.5, 0.6) is 0 Å². The molecule has 2 fully saturated rings. The monoisotopic (exact) mass is 678 g/mol. The van der Waals surface area contributed by atoms with E-state index in [0.29, 0.717) is 10.3 Å². The molecule has 6 rings (SSSR count). The van der Waals surface area contributed by atoms with E-state index in [0.717, 1.165) is 11.8 Å². The minimum absolute atomic E-state index is 0. The first-order valence-corrected chi connectivity index (χ1v) is 18.9. The molecule has 0 unspecified atom stereocenters. The average Bonchev–Trinajstić information content (AvgIpc) is 3.76. The summed E-state index contributed by atoms with van der Waals surface area (Å²) in [5.74, 6) is 1.73. The maximum atomic E-state index is 2.51. The Hall–Kier alpha value is -1.74. The van der Waals surface area contributed by atoms with Crippen molar-refractivity contribution in [3.63, 3.8) is 0 Å². The zero-order valence-corrected chi connectivity index (χ0v) is 31.5. The smallest absolute Gasteiger partial charge is 0.358 e. The summed E-state index contributed by atoms with van der Waals surface area (Å²) in [6.07, 6.45) is 11.3. The number of benzene rings is 4. The fourth-order valence-electron chi connectivity index (χ4n) is 7.57. The van der Waals surface area contributed by atoms with E-state index in [2.05, 4.69) is 149 Å². The molecular weight excluding hydrogens is 622 g/mol. The zero-order valence-electron chi connectivity index (χ0n) is 28.6. The van der Waals surface area contributed by atoms with Crippen LogP contribution in [0.1, 0.15) is 79.1 Å². The molecule has 2 saturated carbocycles. The van der Waals surface area contributed by atoms with E-state index >= 15 is 0 Å². The van der Waals surface area contributed by atoms with E-state index in [1.54, 1.807) is 0 Å². The predicted molar refractivity (Wildman–Crippen MR) is 203 cm³/mol. The molecule has 242 valence electrons. The van der Waals surface area contributed by atoms with Gasteiger partial charge < -0.3 is 14.9 Å². The van der Waals surface area contributed by atoms with Gasteiger partial charge in [0.25, 0.3) is 0 Å². The van der Waals surface area contributed by atoms with Crippen LogP contribution < -0.4 is 21.2 Å². The molecule has 0 aromatic heterocycles. The molecule has 0 bridgehead atoms. The Bertz CT molecular complexity index is 1140. The maximum absolute atomic E-state index is 2.51. The van der Waals surface area contributed by atoms with Crippen LogP contribution in [0.15, 0.2) is 121 Å². The van der Waals surface area contributed by atoms with E-state index in [9.17, 15) is 0 Å². The van der Waals surface area contributed by atoms with Gasteiger partial charge in [-0.15, -0.1) is 0 Å². The van der Waals surface area contributed by atoms with Gasteiger partial charge in [0.1, 0.15) is 0 Å². The Labute approximate surface area is 290 Å². The van der Waals surface area contributed by atoms with Gasteiger partial charge in [-0.2, -0.15) is 0 Å². The molecule has 0 spiro atoms. The van der Waals surface area contributed by atoms with Crippen LogP contribution in [0.4, 0.5) is 0 Å². The van der Waals surface area contributed by atoms with Crippen molar-refractivity contribution in [1.82, 2.24) is 0 Å². The van der Waals surface area contributed by atoms with Crippen molar-refractivity contribution < 1.29 is 17.1 Å². The van der Waals surface area contributed by atoms with Crippen LogP contribution in [0, 0.1) is 26.7 Å². The predicted octanol–water partition coefficient (Wildman–Crippen LogP) is 11.1. The second-order valence-corrected chi connectivity index (χ2v) is 19.0. The molecule has 0 aliphatic heterocycles. The number of rotatable bonds is 8. The topological polar surface area (TPSA) is 0 Å². The zero-order chi connectivity index (χ0) is 29.4. The van der Waals surface area contributed by atoms with Crippen molar-refractivity contribution >= 4 is 37.1 Å². The van der Waals surface area contributed by atoms with Crippen LogP contribution in [0.2, 0.25) is 0 Å². The molecule has 0 saturated heterocycles. The normalized spacial score (nSPS) is 15.4.